The average molecular weight is 333 g/mol. The van der Waals surface area contributed by atoms with Crippen molar-refractivity contribution in [1.82, 2.24) is 19.6 Å². The summed E-state index contributed by atoms with van der Waals surface area (Å²) < 4.78 is 1.62. The fourth-order valence-corrected chi connectivity index (χ4v) is 3.70. The third-order valence-corrected chi connectivity index (χ3v) is 5.28. The molecule has 2 fully saturated rings. The molecule has 2 heterocycles. The molecule has 1 aromatic rings. The van der Waals surface area contributed by atoms with E-state index in [1.165, 1.54) is 19.4 Å². The molecule has 3 rings (SSSR count). The first-order valence-electron chi connectivity index (χ1n) is 9.25. The van der Waals surface area contributed by atoms with Gasteiger partial charge in [0.05, 0.1) is 5.69 Å². The van der Waals surface area contributed by atoms with Crippen LogP contribution in [0.4, 0.5) is 5.82 Å². The van der Waals surface area contributed by atoms with Crippen LogP contribution < -0.4 is 5.73 Å². The molecular weight excluding hydrogens is 302 g/mol. The highest BCUT2D eigenvalue weighted by Crippen LogP contribution is 2.31. The molecule has 2 N–H and O–H groups in total. The van der Waals surface area contributed by atoms with E-state index in [1.54, 1.807) is 4.68 Å². The van der Waals surface area contributed by atoms with Crippen molar-refractivity contribution in [1.29, 1.82) is 0 Å². The van der Waals surface area contributed by atoms with Crippen molar-refractivity contribution < 1.29 is 4.79 Å². The molecule has 1 aromatic heterocycles. The van der Waals surface area contributed by atoms with Gasteiger partial charge in [-0.3, -0.25) is 9.69 Å². The molecule has 24 heavy (non-hydrogen) atoms. The summed E-state index contributed by atoms with van der Waals surface area (Å²) >= 11 is 0. The second-order valence-corrected chi connectivity index (χ2v) is 7.81. The van der Waals surface area contributed by atoms with Gasteiger partial charge in [0.2, 0.25) is 5.91 Å². The quantitative estimate of drug-likeness (QED) is 0.891. The lowest BCUT2D eigenvalue weighted by Gasteiger charge is -2.34. The molecule has 0 radical (unpaired) electrons. The topological polar surface area (TPSA) is 67.4 Å². The highest BCUT2D eigenvalue weighted by atomic mass is 16.2. The lowest BCUT2D eigenvalue weighted by Crippen LogP contribution is -2.47. The van der Waals surface area contributed by atoms with Crippen molar-refractivity contribution in [2.75, 3.05) is 31.9 Å². The lowest BCUT2D eigenvalue weighted by molar-refractivity contribution is -0.132. The number of rotatable bonds is 5. The van der Waals surface area contributed by atoms with Gasteiger partial charge in [-0.1, -0.05) is 13.8 Å². The Hall–Kier alpha value is -1.56. The number of anilines is 1. The van der Waals surface area contributed by atoms with Gasteiger partial charge in [-0.2, -0.15) is 5.10 Å². The van der Waals surface area contributed by atoms with E-state index in [2.05, 4.69) is 23.8 Å². The van der Waals surface area contributed by atoms with Crippen LogP contribution in [-0.4, -0.2) is 57.7 Å². The monoisotopic (exact) mass is 333 g/mol. The molecule has 1 saturated heterocycles. The number of aromatic nitrogens is 2. The molecule has 6 nitrogen and oxygen atoms in total. The zero-order valence-electron chi connectivity index (χ0n) is 15.2. The van der Waals surface area contributed by atoms with E-state index in [0.717, 1.165) is 37.7 Å². The molecule has 2 aliphatic rings. The molecule has 1 aliphatic heterocycles. The number of hydrogen-bond donors (Lipinski definition) is 1. The third-order valence-electron chi connectivity index (χ3n) is 5.28. The Morgan fingerprint density at radius 3 is 2.71 bits per heavy atom. The summed E-state index contributed by atoms with van der Waals surface area (Å²) in [7, 11) is 0. The number of hydrogen-bond acceptors (Lipinski definition) is 4. The van der Waals surface area contributed by atoms with E-state index in [0.29, 0.717) is 17.8 Å². The number of amides is 1. The number of carbonyl (C=O) groups is 1. The Morgan fingerprint density at radius 2 is 2.12 bits per heavy atom. The van der Waals surface area contributed by atoms with Crippen molar-refractivity contribution in [2.24, 2.45) is 11.8 Å². The predicted octanol–water partition coefficient (Wildman–Crippen LogP) is 1.74. The van der Waals surface area contributed by atoms with Crippen molar-refractivity contribution in [3.63, 3.8) is 0 Å². The predicted molar refractivity (Wildman–Crippen MR) is 95.5 cm³/mol. The van der Waals surface area contributed by atoms with Crippen LogP contribution in [0.3, 0.4) is 0 Å². The number of nitrogen functional groups attached to an aromatic ring is 1. The van der Waals surface area contributed by atoms with E-state index >= 15 is 0 Å². The number of nitrogens with two attached hydrogens (primary N) is 1. The highest BCUT2D eigenvalue weighted by Gasteiger charge is 2.33. The second-order valence-electron chi connectivity index (χ2n) is 7.81. The van der Waals surface area contributed by atoms with Crippen LogP contribution in [-0.2, 0) is 11.3 Å². The van der Waals surface area contributed by atoms with Gasteiger partial charge in [-0.25, -0.2) is 4.68 Å². The molecule has 134 valence electrons. The second kappa shape index (κ2) is 7.13. The highest BCUT2D eigenvalue weighted by molar-refractivity contribution is 5.76. The van der Waals surface area contributed by atoms with Gasteiger partial charge >= 0.3 is 0 Å². The van der Waals surface area contributed by atoms with E-state index in [9.17, 15) is 4.79 Å². The van der Waals surface area contributed by atoms with Crippen LogP contribution in [0.15, 0.2) is 6.07 Å². The van der Waals surface area contributed by atoms with Crippen molar-refractivity contribution in [3.8, 4) is 0 Å². The summed E-state index contributed by atoms with van der Waals surface area (Å²) in [6.45, 7) is 10.6. The average Bonchev–Trinajstić information content (AvgIpc) is 3.29. The minimum absolute atomic E-state index is 0.128. The maximum Gasteiger partial charge on any atom is 0.244 e. The van der Waals surface area contributed by atoms with E-state index in [-0.39, 0.29) is 12.5 Å². The Kier molecular flexibility index (Phi) is 5.13. The smallest absolute Gasteiger partial charge is 0.244 e. The zero-order valence-corrected chi connectivity index (χ0v) is 15.2. The molecule has 0 aromatic carbocycles. The Morgan fingerprint density at radius 1 is 1.38 bits per heavy atom. The minimum atomic E-state index is 0.128. The fourth-order valence-electron chi connectivity index (χ4n) is 3.70. The van der Waals surface area contributed by atoms with Gasteiger partial charge in [0.1, 0.15) is 12.4 Å². The van der Waals surface area contributed by atoms with Gasteiger partial charge in [-0.05, 0) is 38.0 Å². The summed E-state index contributed by atoms with van der Waals surface area (Å²) in [6.07, 6.45) is 3.80. The Labute approximate surface area is 145 Å². The molecule has 0 spiro atoms. The number of aryl methyl sites for hydroxylation is 1. The fraction of sp³-hybridized carbons (Fsp3) is 0.778. The van der Waals surface area contributed by atoms with Crippen LogP contribution in [0.1, 0.15) is 38.8 Å². The first-order valence-corrected chi connectivity index (χ1v) is 9.25. The van der Waals surface area contributed by atoms with Crippen molar-refractivity contribution >= 4 is 11.7 Å². The van der Waals surface area contributed by atoms with Gasteiger partial charge < -0.3 is 10.6 Å². The normalized spacial score (nSPS) is 22.8. The zero-order chi connectivity index (χ0) is 17.3. The van der Waals surface area contributed by atoms with Gasteiger partial charge in [-0.15, -0.1) is 0 Å². The molecule has 1 aliphatic carbocycles. The maximum atomic E-state index is 12.8. The van der Waals surface area contributed by atoms with Crippen LogP contribution in [0.2, 0.25) is 0 Å². The van der Waals surface area contributed by atoms with Crippen LogP contribution in [0.5, 0.6) is 0 Å². The maximum absolute atomic E-state index is 12.8. The summed E-state index contributed by atoms with van der Waals surface area (Å²) in [5, 5.41) is 4.32. The van der Waals surface area contributed by atoms with Gasteiger partial charge in [0, 0.05) is 38.3 Å². The first-order chi connectivity index (χ1) is 11.4. The molecule has 1 amide bonds. The summed E-state index contributed by atoms with van der Waals surface area (Å²) in [5.74, 6) is 2.13. The Bertz CT molecular complexity index is 578. The summed E-state index contributed by atoms with van der Waals surface area (Å²) in [4.78, 5) is 17.4. The number of carbonyl (C=O) groups excluding carboxylic acids is 1. The summed E-state index contributed by atoms with van der Waals surface area (Å²) in [5.41, 5.74) is 6.78. The third kappa shape index (κ3) is 4.09. The lowest BCUT2D eigenvalue weighted by atomic mass is 10.0. The van der Waals surface area contributed by atoms with Crippen LogP contribution in [0.25, 0.3) is 0 Å². The largest absolute Gasteiger partial charge is 0.384 e. The SMILES string of the molecule is Cc1cc(N)n(CC(=O)N2CCCN(CC3CC3)[C@H](C(C)C)C2)n1. The summed E-state index contributed by atoms with van der Waals surface area (Å²) in [6, 6.07) is 2.26. The molecule has 0 unspecified atom stereocenters. The van der Waals surface area contributed by atoms with E-state index in [1.807, 2.05) is 17.9 Å². The molecular formula is C18H31N5O. The molecule has 0 bridgehead atoms. The number of nitrogens with zero attached hydrogens (tertiary/aromatic N) is 4. The van der Waals surface area contributed by atoms with E-state index in [4.69, 9.17) is 5.73 Å². The van der Waals surface area contributed by atoms with Gasteiger partial charge in [0.25, 0.3) is 0 Å². The molecule has 1 saturated carbocycles. The minimum Gasteiger partial charge on any atom is -0.384 e. The first kappa shape index (κ1) is 17.3. The van der Waals surface area contributed by atoms with Crippen LogP contribution >= 0.6 is 0 Å². The van der Waals surface area contributed by atoms with Gasteiger partial charge in [0.15, 0.2) is 0 Å². The molecule has 1 atom stereocenters. The van der Waals surface area contributed by atoms with E-state index < -0.39 is 0 Å². The van der Waals surface area contributed by atoms with Crippen molar-refractivity contribution in [3.05, 3.63) is 11.8 Å². The van der Waals surface area contributed by atoms with Crippen LogP contribution in [0, 0.1) is 18.8 Å². The van der Waals surface area contributed by atoms with Crippen molar-refractivity contribution in [2.45, 2.75) is 52.6 Å². The Balaban J connectivity index is 1.66. The standard InChI is InChI=1S/C18H31N5O/c1-13(2)16-11-22(8-4-7-21(16)10-15-5-6-15)18(24)12-23-17(19)9-14(3)20-23/h9,13,15-16H,4-8,10-12,19H2,1-3H3/t16-/m0/s1. The molecule has 6 heteroatoms.